The second-order valence-electron chi connectivity index (χ2n) is 14.8. The van der Waals surface area contributed by atoms with E-state index in [1.807, 2.05) is 0 Å². The highest BCUT2D eigenvalue weighted by Gasteiger charge is 2.44. The first-order valence-electron chi connectivity index (χ1n) is 22.0. The Hall–Kier alpha value is -2.86. The number of hydrogen-bond donors (Lipinski definition) is 4. The molecule has 6 atom stereocenters. The minimum Gasteiger partial charge on any atom is -0.462 e. The fourth-order valence-electron chi connectivity index (χ4n) is 6.03. The van der Waals surface area contributed by atoms with Crippen LogP contribution in [0.5, 0.6) is 0 Å². The predicted octanol–water partition coefficient (Wildman–Crippen LogP) is 9.22. The molecule has 1 aliphatic heterocycles. The van der Waals surface area contributed by atoms with Gasteiger partial charge in [-0.25, -0.2) is 0 Å². The molecule has 0 aliphatic carbocycles. The molecule has 1 saturated heterocycles. The lowest BCUT2D eigenvalue weighted by atomic mass is 9.99. The Labute approximate surface area is 344 Å². The fraction of sp³-hybridized carbons (Fsp3) is 0.702. The average Bonchev–Trinajstić information content (AvgIpc) is 3.21. The zero-order valence-electron chi connectivity index (χ0n) is 35.3. The summed E-state index contributed by atoms with van der Waals surface area (Å²) in [4.78, 5) is 25.3. The molecule has 1 fully saturated rings. The summed E-state index contributed by atoms with van der Waals surface area (Å²) in [5.74, 6) is -0.888. The van der Waals surface area contributed by atoms with Crippen molar-refractivity contribution < 1.29 is 49.0 Å². The van der Waals surface area contributed by atoms with Crippen molar-refractivity contribution >= 4 is 11.9 Å². The molecule has 0 aromatic rings. The normalized spacial score (nSPS) is 21.0. The number of hydrogen-bond acceptors (Lipinski definition) is 10. The van der Waals surface area contributed by atoms with Crippen molar-refractivity contribution in [3.05, 3.63) is 72.9 Å². The van der Waals surface area contributed by atoms with Crippen LogP contribution in [0.25, 0.3) is 0 Å². The summed E-state index contributed by atoms with van der Waals surface area (Å²) in [7, 11) is 0. The highest BCUT2D eigenvalue weighted by Crippen LogP contribution is 2.22. The van der Waals surface area contributed by atoms with E-state index in [-0.39, 0.29) is 26.1 Å². The number of aliphatic hydroxyl groups is 4. The van der Waals surface area contributed by atoms with Gasteiger partial charge < -0.3 is 39.4 Å². The third-order valence-corrected chi connectivity index (χ3v) is 9.54. The van der Waals surface area contributed by atoms with Crippen LogP contribution in [0.15, 0.2) is 72.9 Å². The van der Waals surface area contributed by atoms with E-state index >= 15 is 0 Å². The zero-order valence-corrected chi connectivity index (χ0v) is 35.3. The first-order valence-corrected chi connectivity index (χ1v) is 22.0. The van der Waals surface area contributed by atoms with Gasteiger partial charge >= 0.3 is 11.9 Å². The van der Waals surface area contributed by atoms with Gasteiger partial charge in [-0.05, 0) is 83.5 Å². The number of ether oxygens (including phenoxy) is 4. The number of esters is 2. The Bertz CT molecular complexity index is 1160. The molecule has 10 nitrogen and oxygen atoms in total. The van der Waals surface area contributed by atoms with Crippen LogP contribution in [0.2, 0.25) is 0 Å². The van der Waals surface area contributed by atoms with Crippen molar-refractivity contribution in [2.24, 2.45) is 0 Å². The molecule has 0 aromatic heterocycles. The Balaban J connectivity index is 2.41. The monoisotopic (exact) mass is 803 g/mol. The predicted molar refractivity (Wildman–Crippen MR) is 228 cm³/mol. The second kappa shape index (κ2) is 37.4. The molecule has 1 rings (SSSR count). The molecule has 326 valence electrons. The topological polar surface area (TPSA) is 152 Å². The van der Waals surface area contributed by atoms with Crippen LogP contribution < -0.4 is 0 Å². The van der Waals surface area contributed by atoms with Crippen molar-refractivity contribution in [3.8, 4) is 0 Å². The summed E-state index contributed by atoms with van der Waals surface area (Å²) in [6, 6.07) is 0. The van der Waals surface area contributed by atoms with Crippen molar-refractivity contribution in [3.63, 3.8) is 0 Å². The van der Waals surface area contributed by atoms with Crippen LogP contribution in [-0.4, -0.2) is 89.0 Å². The molecule has 0 amide bonds. The maximum atomic E-state index is 12.8. The first kappa shape index (κ1) is 52.2. The molecule has 0 saturated carbocycles. The van der Waals surface area contributed by atoms with Gasteiger partial charge in [0.25, 0.3) is 0 Å². The quantitative estimate of drug-likeness (QED) is 0.0277. The van der Waals surface area contributed by atoms with E-state index in [2.05, 4.69) is 86.8 Å². The Morgan fingerprint density at radius 2 is 1.02 bits per heavy atom. The molecule has 1 heterocycles. The third-order valence-electron chi connectivity index (χ3n) is 9.54. The molecule has 2 unspecified atom stereocenters. The summed E-state index contributed by atoms with van der Waals surface area (Å²) < 4.78 is 22.1. The Morgan fingerprint density at radius 3 is 1.58 bits per heavy atom. The summed E-state index contributed by atoms with van der Waals surface area (Å²) in [6.07, 6.45) is 39.1. The standard InChI is InChI=1S/C47H78O10/c1-3-5-7-9-11-13-15-17-19-20-22-24-26-28-30-32-34-36-43(50)56-40(39-55-47-46(53)45(52)44(51)41(37-48)57-47)38-54-42(49)35-33-31-29-27-25-23-21-18-16-14-12-10-8-6-4-2/h7,9,13,15,18-21,24-27,40-41,44-48,51-53H,3-6,8,10-12,14,16-17,22-23,28-39H2,1-2H3/b9-7+,15-13+,20-19+,21-18+,26-24+,27-25+/t40-,41-,44+,45?,46?,47-/m1/s1. The van der Waals surface area contributed by atoms with Crippen molar-refractivity contribution in [2.75, 3.05) is 19.8 Å². The van der Waals surface area contributed by atoms with Crippen LogP contribution in [0, 0.1) is 0 Å². The minimum atomic E-state index is -1.61. The fourth-order valence-corrected chi connectivity index (χ4v) is 6.03. The maximum Gasteiger partial charge on any atom is 0.306 e. The number of rotatable bonds is 35. The van der Waals surface area contributed by atoms with E-state index in [1.165, 1.54) is 44.9 Å². The minimum absolute atomic E-state index is 0.182. The van der Waals surface area contributed by atoms with Crippen LogP contribution in [-0.2, 0) is 28.5 Å². The summed E-state index contributed by atoms with van der Waals surface area (Å²) in [5, 5.41) is 40.0. The van der Waals surface area contributed by atoms with Gasteiger partial charge in [0.2, 0.25) is 0 Å². The molecular formula is C47H78O10. The average molecular weight is 803 g/mol. The first-order chi connectivity index (χ1) is 27.8. The van der Waals surface area contributed by atoms with Gasteiger partial charge in [0.1, 0.15) is 31.0 Å². The van der Waals surface area contributed by atoms with E-state index in [1.54, 1.807) is 0 Å². The van der Waals surface area contributed by atoms with Gasteiger partial charge in [0.05, 0.1) is 13.2 Å². The lowest BCUT2D eigenvalue weighted by Crippen LogP contribution is -2.59. The van der Waals surface area contributed by atoms with Crippen LogP contribution in [0.3, 0.4) is 0 Å². The smallest absolute Gasteiger partial charge is 0.306 e. The maximum absolute atomic E-state index is 12.8. The number of aliphatic hydroxyl groups excluding tert-OH is 4. The summed E-state index contributed by atoms with van der Waals surface area (Å²) >= 11 is 0. The van der Waals surface area contributed by atoms with Gasteiger partial charge in [0, 0.05) is 12.8 Å². The Kier molecular flexibility index (Phi) is 34.2. The van der Waals surface area contributed by atoms with E-state index < -0.39 is 55.4 Å². The van der Waals surface area contributed by atoms with E-state index in [0.29, 0.717) is 12.8 Å². The SMILES string of the molecule is CCC/C=C/C/C=C/C/C=C/C/C=C/CCCCCC(=O)O[C@H](COC(=O)CCCC/C=C/C/C=C/CCCCCCCC)CO[C@@H]1O[C@H](CO)[C@H](O)C(O)C1O. The molecule has 0 radical (unpaired) electrons. The van der Waals surface area contributed by atoms with Gasteiger partial charge in [-0.1, -0.05) is 132 Å². The van der Waals surface area contributed by atoms with Crippen molar-refractivity contribution in [1.82, 2.24) is 0 Å². The van der Waals surface area contributed by atoms with Gasteiger partial charge in [-0.3, -0.25) is 9.59 Å². The number of unbranched alkanes of at least 4 members (excludes halogenated alkanes) is 12. The van der Waals surface area contributed by atoms with Gasteiger partial charge in [-0.2, -0.15) is 0 Å². The largest absolute Gasteiger partial charge is 0.462 e. The highest BCUT2D eigenvalue weighted by molar-refractivity contribution is 5.70. The summed E-state index contributed by atoms with van der Waals surface area (Å²) in [5.41, 5.74) is 0. The van der Waals surface area contributed by atoms with E-state index in [4.69, 9.17) is 18.9 Å². The molecular weight excluding hydrogens is 725 g/mol. The van der Waals surface area contributed by atoms with E-state index in [0.717, 1.165) is 70.6 Å². The van der Waals surface area contributed by atoms with Crippen LogP contribution in [0.4, 0.5) is 0 Å². The number of carbonyl (C=O) groups excluding carboxylic acids is 2. The van der Waals surface area contributed by atoms with Crippen LogP contribution in [0.1, 0.15) is 155 Å². The Morgan fingerprint density at radius 1 is 0.544 bits per heavy atom. The molecule has 4 N–H and O–H groups in total. The molecule has 0 bridgehead atoms. The lowest BCUT2D eigenvalue weighted by molar-refractivity contribution is -0.305. The van der Waals surface area contributed by atoms with Crippen molar-refractivity contribution in [2.45, 2.75) is 192 Å². The molecule has 0 spiro atoms. The molecule has 1 aliphatic rings. The van der Waals surface area contributed by atoms with E-state index in [9.17, 15) is 30.0 Å². The zero-order chi connectivity index (χ0) is 41.6. The third kappa shape index (κ3) is 29.1. The summed E-state index contributed by atoms with van der Waals surface area (Å²) in [6.45, 7) is 3.26. The van der Waals surface area contributed by atoms with Crippen LogP contribution >= 0.6 is 0 Å². The molecule has 0 aromatic carbocycles. The lowest BCUT2D eigenvalue weighted by Gasteiger charge is -2.39. The van der Waals surface area contributed by atoms with Gasteiger partial charge in [0.15, 0.2) is 12.4 Å². The number of carbonyl (C=O) groups is 2. The van der Waals surface area contributed by atoms with Gasteiger partial charge in [-0.15, -0.1) is 0 Å². The molecule has 57 heavy (non-hydrogen) atoms. The second-order valence-corrected chi connectivity index (χ2v) is 14.8. The number of allylic oxidation sites excluding steroid dienone is 12. The highest BCUT2D eigenvalue weighted by atomic mass is 16.7. The molecule has 10 heteroatoms. The van der Waals surface area contributed by atoms with Crippen molar-refractivity contribution in [1.29, 1.82) is 0 Å².